The molecule has 6 aliphatic heterocycles. The molecule has 3 aromatic rings. The van der Waals surface area contributed by atoms with Crippen LogP contribution in [0.2, 0.25) is 5.02 Å². The number of rotatable bonds is 7. The largest absolute Gasteiger partial charge is 0.371 e. The summed E-state index contributed by atoms with van der Waals surface area (Å²) in [5.74, 6) is -1.35. The Morgan fingerprint density at radius 2 is 1.43 bits per heavy atom. The lowest BCUT2D eigenvalue weighted by Gasteiger charge is -2.40. The van der Waals surface area contributed by atoms with Crippen LogP contribution in [0.25, 0.3) is 4.85 Å². The smallest absolute Gasteiger partial charge is 0.262 e. The fraction of sp³-hybridized carbons (Fsp3) is 0.444. The maximum atomic E-state index is 13.6. The molecule has 0 radical (unpaired) electrons. The van der Waals surface area contributed by atoms with Crippen molar-refractivity contribution in [2.24, 2.45) is 11.3 Å². The fourth-order valence-electron chi connectivity index (χ4n) is 9.99. The normalized spacial score (nSPS) is 22.4. The lowest BCUT2D eigenvalue weighted by Crippen LogP contribution is -2.54. The molecular weight excluding hydrogens is 784 g/mol. The Morgan fingerprint density at radius 3 is 2.12 bits per heavy atom. The Morgan fingerprint density at radius 1 is 0.767 bits per heavy atom. The van der Waals surface area contributed by atoms with Crippen LogP contribution in [0.4, 0.5) is 22.7 Å². The van der Waals surface area contributed by atoms with E-state index < -0.39 is 29.7 Å². The number of amides is 6. The van der Waals surface area contributed by atoms with Gasteiger partial charge in [0.25, 0.3) is 17.7 Å². The summed E-state index contributed by atoms with van der Waals surface area (Å²) in [7, 11) is 0. The van der Waals surface area contributed by atoms with Crippen molar-refractivity contribution in [2.75, 3.05) is 80.1 Å². The fourth-order valence-corrected chi connectivity index (χ4v) is 10.2. The molecule has 6 amide bonds. The van der Waals surface area contributed by atoms with E-state index in [0.717, 1.165) is 87.8 Å². The van der Waals surface area contributed by atoms with E-state index in [0.29, 0.717) is 65.1 Å². The van der Waals surface area contributed by atoms with E-state index in [4.69, 9.17) is 18.2 Å². The number of piperidine rings is 3. The van der Waals surface area contributed by atoms with Gasteiger partial charge >= 0.3 is 0 Å². The van der Waals surface area contributed by atoms with Gasteiger partial charge < -0.3 is 19.6 Å². The van der Waals surface area contributed by atoms with Crippen LogP contribution in [0.15, 0.2) is 60.7 Å². The molecule has 15 heteroatoms. The van der Waals surface area contributed by atoms with Crippen LogP contribution in [-0.4, -0.2) is 122 Å². The molecule has 9 rings (SSSR count). The number of piperazine rings is 1. The number of hydrogen-bond donors (Lipinski definition) is 1. The van der Waals surface area contributed by atoms with Crippen LogP contribution in [0.1, 0.15) is 76.0 Å². The summed E-state index contributed by atoms with van der Waals surface area (Å²) < 4.78 is 0. The molecule has 60 heavy (non-hydrogen) atoms. The van der Waals surface area contributed by atoms with Crippen molar-refractivity contribution in [3.8, 4) is 0 Å². The van der Waals surface area contributed by atoms with E-state index in [2.05, 4.69) is 37.0 Å². The van der Waals surface area contributed by atoms with Gasteiger partial charge in [0.2, 0.25) is 23.4 Å². The molecule has 14 nitrogen and oxygen atoms in total. The molecule has 1 N–H and O–H groups in total. The minimum Gasteiger partial charge on any atom is -0.371 e. The van der Waals surface area contributed by atoms with Gasteiger partial charge in [0.15, 0.2) is 0 Å². The second-order valence-corrected chi connectivity index (χ2v) is 17.5. The first kappa shape index (κ1) is 39.7. The number of halogens is 1. The summed E-state index contributed by atoms with van der Waals surface area (Å²) in [4.78, 5) is 92.5. The van der Waals surface area contributed by atoms with Crippen LogP contribution < -0.4 is 20.0 Å². The number of likely N-dealkylation sites (tertiary alicyclic amines) is 1. The quantitative estimate of drug-likeness (QED) is 0.258. The van der Waals surface area contributed by atoms with E-state index in [9.17, 15) is 28.8 Å². The first-order valence-electron chi connectivity index (χ1n) is 20.9. The molecular formula is C45H47ClN8O6. The highest BCUT2D eigenvalue weighted by Gasteiger charge is 2.47. The summed E-state index contributed by atoms with van der Waals surface area (Å²) in [6.07, 6.45) is 4.22. The minimum atomic E-state index is -0.974. The second-order valence-electron chi connectivity index (χ2n) is 17.1. The third kappa shape index (κ3) is 7.49. The van der Waals surface area contributed by atoms with Crippen LogP contribution in [0, 0.1) is 17.9 Å². The molecule has 1 spiro atoms. The molecule has 1 unspecified atom stereocenters. The standard InChI is InChI=1S/C45H47ClN8O6/c1-47-37-9-7-33(25-36(37)46)53-28-45(26-40(53)56)14-18-52(19-15-45)42(58)30-2-4-31(5-3-30)51-22-20-49(21-23-51)27-29-12-16-50(17-13-29)32-6-8-34-35(24-32)44(60)54(43(34)59)38-10-11-39(55)48-41(38)57/h2-9,24-25,29,38H,10-23,26-28H2,(H,48,55,57). The Labute approximate surface area is 353 Å². The highest BCUT2D eigenvalue weighted by molar-refractivity contribution is 6.33. The van der Waals surface area contributed by atoms with Gasteiger partial charge in [0.05, 0.1) is 17.7 Å². The predicted molar refractivity (Wildman–Crippen MR) is 225 cm³/mol. The van der Waals surface area contributed by atoms with Crippen molar-refractivity contribution in [1.82, 2.24) is 20.0 Å². The summed E-state index contributed by atoms with van der Waals surface area (Å²) in [5, 5.41) is 2.59. The predicted octanol–water partition coefficient (Wildman–Crippen LogP) is 4.99. The molecule has 6 aliphatic rings. The molecule has 1 atom stereocenters. The van der Waals surface area contributed by atoms with Crippen LogP contribution in [-0.2, 0) is 14.4 Å². The number of anilines is 3. The van der Waals surface area contributed by atoms with E-state index >= 15 is 0 Å². The highest BCUT2D eigenvalue weighted by Crippen LogP contribution is 2.44. The lowest BCUT2D eigenvalue weighted by atomic mass is 9.77. The molecule has 0 saturated carbocycles. The van der Waals surface area contributed by atoms with Gasteiger partial charge in [-0.1, -0.05) is 17.7 Å². The maximum absolute atomic E-state index is 13.6. The average Bonchev–Trinajstić information content (AvgIpc) is 3.71. The number of nitrogens with one attached hydrogen (secondary N) is 1. The summed E-state index contributed by atoms with van der Waals surface area (Å²) in [6.45, 7) is 15.5. The topological polar surface area (TPSA) is 138 Å². The number of fused-ring (bicyclic) bond motifs is 1. The number of hydrogen-bond acceptors (Lipinski definition) is 9. The van der Waals surface area contributed by atoms with Crippen molar-refractivity contribution in [1.29, 1.82) is 0 Å². The van der Waals surface area contributed by atoms with Crippen molar-refractivity contribution in [2.45, 2.75) is 51.0 Å². The van der Waals surface area contributed by atoms with Gasteiger partial charge in [-0.05, 0) is 92.6 Å². The maximum Gasteiger partial charge on any atom is 0.262 e. The van der Waals surface area contributed by atoms with Gasteiger partial charge in [-0.25, -0.2) is 4.85 Å². The van der Waals surface area contributed by atoms with Crippen molar-refractivity contribution >= 4 is 69.8 Å². The van der Waals surface area contributed by atoms with Crippen molar-refractivity contribution < 1.29 is 28.8 Å². The van der Waals surface area contributed by atoms with E-state index in [1.54, 1.807) is 35.2 Å². The minimum absolute atomic E-state index is 0.0196. The van der Waals surface area contributed by atoms with Crippen molar-refractivity contribution in [3.05, 3.63) is 93.8 Å². The Balaban J connectivity index is 0.718. The van der Waals surface area contributed by atoms with Gasteiger partial charge in [-0.3, -0.25) is 43.9 Å². The van der Waals surface area contributed by atoms with Gasteiger partial charge in [0.1, 0.15) is 6.04 Å². The molecule has 0 bridgehead atoms. The molecule has 6 heterocycles. The summed E-state index contributed by atoms with van der Waals surface area (Å²) in [5.41, 5.74) is 4.19. The molecule has 3 aromatic carbocycles. The average molecular weight is 831 g/mol. The zero-order valence-electron chi connectivity index (χ0n) is 33.4. The first-order chi connectivity index (χ1) is 29.0. The van der Waals surface area contributed by atoms with Gasteiger partial charge in [-0.2, -0.15) is 0 Å². The van der Waals surface area contributed by atoms with Gasteiger partial charge in [0, 0.05) is 111 Å². The monoisotopic (exact) mass is 830 g/mol. The molecule has 0 aromatic heterocycles. The molecule has 310 valence electrons. The lowest BCUT2D eigenvalue weighted by molar-refractivity contribution is -0.136. The number of imide groups is 2. The van der Waals surface area contributed by atoms with E-state index in [-0.39, 0.29) is 30.1 Å². The van der Waals surface area contributed by atoms with E-state index in [1.807, 2.05) is 23.1 Å². The van der Waals surface area contributed by atoms with Crippen LogP contribution in [0.3, 0.4) is 0 Å². The second kappa shape index (κ2) is 16.0. The molecule has 5 saturated heterocycles. The Kier molecular flexibility index (Phi) is 10.6. The molecule has 5 fully saturated rings. The summed E-state index contributed by atoms with van der Waals surface area (Å²) in [6, 6.07) is 17.5. The van der Waals surface area contributed by atoms with E-state index in [1.165, 1.54) is 0 Å². The zero-order chi connectivity index (χ0) is 41.7. The molecule has 0 aliphatic carbocycles. The Bertz CT molecular complexity index is 2300. The van der Waals surface area contributed by atoms with Crippen molar-refractivity contribution in [3.63, 3.8) is 0 Å². The number of carbonyl (C=O) groups is 6. The number of carbonyl (C=O) groups excluding carboxylic acids is 6. The number of benzene rings is 3. The summed E-state index contributed by atoms with van der Waals surface area (Å²) >= 11 is 6.27. The Hall–Kier alpha value is -5.78. The zero-order valence-corrected chi connectivity index (χ0v) is 34.2. The third-order valence-electron chi connectivity index (χ3n) is 13.6. The van der Waals surface area contributed by atoms with Gasteiger partial charge in [-0.15, -0.1) is 0 Å². The van der Waals surface area contributed by atoms with Crippen LogP contribution in [0.5, 0.6) is 0 Å². The SMILES string of the molecule is [C-]#[N+]c1ccc(N2CC3(CCN(C(=O)c4ccc(N5CCN(CC6CCN(c7ccc8c(c7)C(=O)N(C7CCC(=O)NC7=O)C8=O)CC6)CC5)cc4)CC3)CC2=O)cc1Cl. The highest BCUT2D eigenvalue weighted by atomic mass is 35.5. The number of nitrogens with zero attached hydrogens (tertiary/aromatic N) is 7. The third-order valence-corrected chi connectivity index (χ3v) is 13.9. The van der Waals surface area contributed by atoms with Crippen LogP contribution >= 0.6 is 11.6 Å². The first-order valence-corrected chi connectivity index (χ1v) is 21.3.